The quantitative estimate of drug-likeness (QED) is 0.808. The monoisotopic (exact) mass is 306 g/mol. The molecule has 1 aliphatic rings. The number of nitrogens with zero attached hydrogens (tertiary/aromatic N) is 4. The van der Waals surface area contributed by atoms with Gasteiger partial charge in [-0.05, 0) is 26.3 Å². The molecule has 5 nitrogen and oxygen atoms in total. The summed E-state index contributed by atoms with van der Waals surface area (Å²) >= 11 is 0. The van der Waals surface area contributed by atoms with Crippen molar-refractivity contribution in [2.75, 3.05) is 38.7 Å². The number of rotatable bonds is 6. The number of piperazine rings is 1. The Balaban J connectivity index is 2.39. The summed E-state index contributed by atoms with van der Waals surface area (Å²) in [5.41, 5.74) is 2.45. The van der Waals surface area contributed by atoms with Crippen molar-refractivity contribution < 1.29 is 4.74 Å². The Kier molecular flexibility index (Phi) is 6.00. The number of aryl methyl sites for hydroxylation is 1. The zero-order valence-electron chi connectivity index (χ0n) is 14.7. The van der Waals surface area contributed by atoms with E-state index in [4.69, 9.17) is 9.72 Å². The SMILES string of the molecule is CCCc1c(CC)nc(OC)nc1N1CCN(C)C(CC)C1. The lowest BCUT2D eigenvalue weighted by molar-refractivity contribution is 0.212. The van der Waals surface area contributed by atoms with Crippen molar-refractivity contribution in [1.29, 1.82) is 0 Å². The fourth-order valence-corrected chi connectivity index (χ4v) is 3.23. The van der Waals surface area contributed by atoms with Gasteiger partial charge in [-0.1, -0.05) is 27.2 Å². The average Bonchev–Trinajstić information content (AvgIpc) is 2.55. The molecule has 0 N–H and O–H groups in total. The van der Waals surface area contributed by atoms with E-state index in [-0.39, 0.29) is 0 Å². The van der Waals surface area contributed by atoms with Crippen LogP contribution in [-0.2, 0) is 12.8 Å². The van der Waals surface area contributed by atoms with Crippen LogP contribution in [0.4, 0.5) is 5.82 Å². The predicted octanol–water partition coefficient (Wildman–Crippen LogP) is 2.53. The second-order valence-corrected chi connectivity index (χ2v) is 6.05. The van der Waals surface area contributed by atoms with E-state index in [9.17, 15) is 0 Å². The second kappa shape index (κ2) is 7.77. The van der Waals surface area contributed by atoms with Crippen LogP contribution in [0.15, 0.2) is 0 Å². The van der Waals surface area contributed by atoms with E-state index >= 15 is 0 Å². The van der Waals surface area contributed by atoms with Crippen molar-refractivity contribution in [3.05, 3.63) is 11.3 Å². The summed E-state index contributed by atoms with van der Waals surface area (Å²) in [5.74, 6) is 1.09. The Morgan fingerprint density at radius 1 is 1.18 bits per heavy atom. The summed E-state index contributed by atoms with van der Waals surface area (Å²) in [7, 11) is 3.87. The molecule has 5 heteroatoms. The maximum Gasteiger partial charge on any atom is 0.318 e. The van der Waals surface area contributed by atoms with E-state index in [1.54, 1.807) is 7.11 Å². The van der Waals surface area contributed by atoms with Crippen LogP contribution >= 0.6 is 0 Å². The molecule has 0 aromatic carbocycles. The number of ether oxygens (including phenoxy) is 1. The molecule has 1 unspecified atom stereocenters. The van der Waals surface area contributed by atoms with E-state index in [1.165, 1.54) is 12.0 Å². The first-order valence-corrected chi connectivity index (χ1v) is 8.53. The van der Waals surface area contributed by atoms with Gasteiger partial charge in [0.2, 0.25) is 0 Å². The molecule has 0 saturated carbocycles. The summed E-state index contributed by atoms with van der Waals surface area (Å²) in [6.07, 6.45) is 4.23. The third kappa shape index (κ3) is 3.51. The Hall–Kier alpha value is -1.36. The maximum absolute atomic E-state index is 5.34. The molecule has 2 heterocycles. The average molecular weight is 306 g/mol. The zero-order valence-corrected chi connectivity index (χ0v) is 14.7. The van der Waals surface area contributed by atoms with Crippen LogP contribution in [0.3, 0.4) is 0 Å². The number of hydrogen-bond acceptors (Lipinski definition) is 5. The smallest absolute Gasteiger partial charge is 0.318 e. The molecule has 2 rings (SSSR count). The number of hydrogen-bond donors (Lipinski definition) is 0. The first-order valence-electron chi connectivity index (χ1n) is 8.53. The van der Waals surface area contributed by atoms with Crippen molar-refractivity contribution in [2.24, 2.45) is 0 Å². The van der Waals surface area contributed by atoms with Crippen molar-refractivity contribution in [2.45, 2.75) is 52.5 Å². The number of methoxy groups -OCH3 is 1. The van der Waals surface area contributed by atoms with E-state index in [0.717, 1.165) is 50.4 Å². The minimum atomic E-state index is 0.499. The molecule has 0 bridgehead atoms. The molecule has 1 saturated heterocycles. The van der Waals surface area contributed by atoms with Gasteiger partial charge in [-0.25, -0.2) is 0 Å². The standard InChI is InChI=1S/C17H30N4O/c1-6-9-14-15(8-3)18-17(22-5)19-16(14)21-11-10-20(4)13(7-2)12-21/h13H,6-12H2,1-5H3. The highest BCUT2D eigenvalue weighted by Crippen LogP contribution is 2.27. The minimum absolute atomic E-state index is 0.499. The van der Waals surface area contributed by atoms with E-state index in [2.05, 4.69) is 42.6 Å². The third-order valence-electron chi connectivity index (χ3n) is 4.62. The predicted molar refractivity (Wildman–Crippen MR) is 90.9 cm³/mol. The van der Waals surface area contributed by atoms with E-state index in [0.29, 0.717) is 12.1 Å². The summed E-state index contributed by atoms with van der Waals surface area (Å²) in [6, 6.07) is 1.09. The van der Waals surface area contributed by atoms with Gasteiger partial charge in [0.15, 0.2) is 0 Å². The van der Waals surface area contributed by atoms with Crippen LogP contribution in [0.1, 0.15) is 44.9 Å². The fourth-order valence-electron chi connectivity index (χ4n) is 3.23. The number of aromatic nitrogens is 2. The highest BCUT2D eigenvalue weighted by atomic mass is 16.5. The highest BCUT2D eigenvalue weighted by molar-refractivity contribution is 5.51. The number of likely N-dealkylation sites (N-methyl/N-ethyl adjacent to an activating group) is 1. The molecular formula is C17H30N4O. The molecule has 1 fully saturated rings. The molecule has 0 amide bonds. The van der Waals surface area contributed by atoms with Gasteiger partial charge in [-0.2, -0.15) is 9.97 Å². The Morgan fingerprint density at radius 2 is 1.95 bits per heavy atom. The molecular weight excluding hydrogens is 276 g/mol. The van der Waals surface area contributed by atoms with Gasteiger partial charge in [0.1, 0.15) is 5.82 Å². The molecule has 1 aromatic rings. The van der Waals surface area contributed by atoms with Gasteiger partial charge in [0.05, 0.1) is 12.8 Å². The normalized spacial score (nSPS) is 19.5. The Bertz CT molecular complexity index is 492. The number of anilines is 1. The molecule has 0 radical (unpaired) electrons. The third-order valence-corrected chi connectivity index (χ3v) is 4.62. The van der Waals surface area contributed by atoms with Crippen molar-refractivity contribution in [1.82, 2.24) is 14.9 Å². The van der Waals surface area contributed by atoms with E-state index in [1.807, 2.05) is 0 Å². The van der Waals surface area contributed by atoms with Crippen molar-refractivity contribution in [3.8, 4) is 6.01 Å². The van der Waals surface area contributed by atoms with Gasteiger partial charge in [0.25, 0.3) is 0 Å². The van der Waals surface area contributed by atoms with Crippen LogP contribution in [0, 0.1) is 0 Å². The minimum Gasteiger partial charge on any atom is -0.467 e. The molecule has 1 aromatic heterocycles. The van der Waals surface area contributed by atoms with Crippen LogP contribution < -0.4 is 9.64 Å². The second-order valence-electron chi connectivity index (χ2n) is 6.05. The lowest BCUT2D eigenvalue weighted by Gasteiger charge is -2.40. The van der Waals surface area contributed by atoms with Crippen molar-refractivity contribution in [3.63, 3.8) is 0 Å². The van der Waals surface area contributed by atoms with Crippen LogP contribution in [0.2, 0.25) is 0 Å². The van der Waals surface area contributed by atoms with Gasteiger partial charge < -0.3 is 9.64 Å². The van der Waals surface area contributed by atoms with Gasteiger partial charge in [-0.3, -0.25) is 4.90 Å². The van der Waals surface area contributed by atoms with Crippen molar-refractivity contribution >= 4 is 5.82 Å². The molecule has 0 spiro atoms. The van der Waals surface area contributed by atoms with Gasteiger partial charge >= 0.3 is 6.01 Å². The molecule has 0 aliphatic carbocycles. The molecule has 1 aliphatic heterocycles. The molecule has 22 heavy (non-hydrogen) atoms. The Morgan fingerprint density at radius 3 is 2.55 bits per heavy atom. The maximum atomic E-state index is 5.34. The lowest BCUT2D eigenvalue weighted by atomic mass is 10.0. The lowest BCUT2D eigenvalue weighted by Crippen LogP contribution is -2.51. The Labute approximate surface area is 134 Å². The van der Waals surface area contributed by atoms with Gasteiger partial charge in [-0.15, -0.1) is 0 Å². The largest absolute Gasteiger partial charge is 0.467 e. The molecule has 124 valence electrons. The fraction of sp³-hybridized carbons (Fsp3) is 0.765. The first-order chi connectivity index (χ1) is 10.6. The summed E-state index contributed by atoms with van der Waals surface area (Å²) in [5, 5.41) is 0. The molecule has 1 atom stereocenters. The first kappa shape index (κ1) is 17.0. The topological polar surface area (TPSA) is 41.5 Å². The zero-order chi connectivity index (χ0) is 16.1. The summed E-state index contributed by atoms with van der Waals surface area (Å²) in [6.45, 7) is 9.77. The van der Waals surface area contributed by atoms with Crippen LogP contribution in [0.5, 0.6) is 6.01 Å². The van der Waals surface area contributed by atoms with Crippen LogP contribution in [-0.4, -0.2) is 54.7 Å². The highest BCUT2D eigenvalue weighted by Gasteiger charge is 2.26. The summed E-state index contributed by atoms with van der Waals surface area (Å²) in [4.78, 5) is 14.2. The van der Waals surface area contributed by atoms with Crippen LogP contribution in [0.25, 0.3) is 0 Å². The summed E-state index contributed by atoms with van der Waals surface area (Å²) < 4.78 is 5.34. The van der Waals surface area contributed by atoms with Gasteiger partial charge in [0, 0.05) is 31.2 Å². The van der Waals surface area contributed by atoms with E-state index < -0.39 is 0 Å².